The van der Waals surface area contributed by atoms with E-state index < -0.39 is 12.5 Å². The Labute approximate surface area is 177 Å². The van der Waals surface area contributed by atoms with Crippen molar-refractivity contribution in [3.8, 4) is 11.5 Å². The van der Waals surface area contributed by atoms with E-state index in [0.29, 0.717) is 16.5 Å². The smallest absolute Gasteiger partial charge is 0.387 e. The van der Waals surface area contributed by atoms with Crippen LogP contribution in [-0.4, -0.2) is 32.1 Å². The second-order valence-corrected chi connectivity index (χ2v) is 7.34. The molecule has 0 radical (unpaired) electrons. The molecule has 1 N–H and O–H groups in total. The fraction of sp³-hybridized carbons (Fsp3) is 0.333. The van der Waals surface area contributed by atoms with Gasteiger partial charge in [0.25, 0.3) is 0 Å². The monoisotopic (exact) mass is 438 g/mol. The van der Waals surface area contributed by atoms with Gasteiger partial charge in [0.2, 0.25) is 11.8 Å². The Morgan fingerprint density at radius 3 is 2.57 bits per heavy atom. The van der Waals surface area contributed by atoms with Crippen LogP contribution in [0.2, 0.25) is 5.02 Å². The molecule has 2 aromatic carbocycles. The molecule has 2 atom stereocenters. The van der Waals surface area contributed by atoms with Crippen LogP contribution < -0.4 is 19.7 Å². The number of hydrogen-bond donors (Lipinski definition) is 1. The van der Waals surface area contributed by atoms with E-state index in [2.05, 4.69) is 10.1 Å². The van der Waals surface area contributed by atoms with Gasteiger partial charge in [-0.15, -0.1) is 0 Å². The van der Waals surface area contributed by atoms with Crippen molar-refractivity contribution < 1.29 is 27.8 Å². The molecule has 0 aromatic heterocycles. The summed E-state index contributed by atoms with van der Waals surface area (Å²) in [6.45, 7) is -0.918. The quantitative estimate of drug-likeness (QED) is 0.704. The molecule has 0 bridgehead atoms. The highest BCUT2D eigenvalue weighted by atomic mass is 35.5. The number of rotatable bonds is 7. The van der Waals surface area contributed by atoms with Crippen LogP contribution in [0.3, 0.4) is 0 Å². The Bertz CT molecular complexity index is 924. The van der Waals surface area contributed by atoms with Crippen LogP contribution in [0.15, 0.2) is 42.5 Å². The van der Waals surface area contributed by atoms with Gasteiger partial charge in [-0.25, -0.2) is 0 Å². The standard InChI is InChI=1S/C21H21ClF2N2O4/c1-12(13-3-6-16(7-4-13)30-21(23)24)25-20(28)14-9-19(27)26(11-14)17-10-15(22)5-8-18(17)29-2/h3-8,10,12,14,21H,9,11H2,1-2H3,(H,25,28)/t12-,14+/m0/s1. The summed E-state index contributed by atoms with van der Waals surface area (Å²) in [5.41, 5.74) is 1.25. The van der Waals surface area contributed by atoms with E-state index in [4.69, 9.17) is 16.3 Å². The largest absolute Gasteiger partial charge is 0.495 e. The van der Waals surface area contributed by atoms with Crippen molar-refractivity contribution in [1.29, 1.82) is 0 Å². The summed E-state index contributed by atoms with van der Waals surface area (Å²) in [5.74, 6) is -0.470. The lowest BCUT2D eigenvalue weighted by atomic mass is 10.0. The van der Waals surface area contributed by atoms with Crippen LogP contribution in [0.5, 0.6) is 11.5 Å². The molecule has 1 fully saturated rings. The van der Waals surface area contributed by atoms with E-state index in [1.54, 1.807) is 37.3 Å². The second-order valence-electron chi connectivity index (χ2n) is 6.90. The Morgan fingerprint density at radius 1 is 1.23 bits per heavy atom. The summed E-state index contributed by atoms with van der Waals surface area (Å²) in [7, 11) is 1.50. The number of carbonyl (C=O) groups is 2. The molecule has 2 aromatic rings. The van der Waals surface area contributed by atoms with Gasteiger partial charge in [0, 0.05) is 18.0 Å². The van der Waals surface area contributed by atoms with Gasteiger partial charge in [0.05, 0.1) is 24.8 Å². The van der Waals surface area contributed by atoms with Crippen molar-refractivity contribution >= 4 is 29.1 Å². The minimum absolute atomic E-state index is 0.0415. The van der Waals surface area contributed by atoms with Gasteiger partial charge in [0.1, 0.15) is 11.5 Å². The average molecular weight is 439 g/mol. The van der Waals surface area contributed by atoms with Crippen molar-refractivity contribution in [3.63, 3.8) is 0 Å². The minimum atomic E-state index is -2.89. The predicted molar refractivity (Wildman–Crippen MR) is 108 cm³/mol. The van der Waals surface area contributed by atoms with Gasteiger partial charge >= 0.3 is 6.61 Å². The van der Waals surface area contributed by atoms with Crippen LogP contribution in [0.25, 0.3) is 0 Å². The lowest BCUT2D eigenvalue weighted by Crippen LogP contribution is -2.34. The highest BCUT2D eigenvalue weighted by Gasteiger charge is 2.36. The molecule has 30 heavy (non-hydrogen) atoms. The third kappa shape index (κ3) is 4.99. The van der Waals surface area contributed by atoms with Crippen LogP contribution >= 0.6 is 11.6 Å². The van der Waals surface area contributed by atoms with Crippen molar-refractivity contribution in [3.05, 3.63) is 53.1 Å². The number of ether oxygens (including phenoxy) is 2. The molecule has 160 valence electrons. The van der Waals surface area contributed by atoms with E-state index >= 15 is 0 Å². The van der Waals surface area contributed by atoms with Crippen molar-refractivity contribution in [2.24, 2.45) is 5.92 Å². The first-order valence-corrected chi connectivity index (χ1v) is 9.65. The fourth-order valence-electron chi connectivity index (χ4n) is 3.34. The van der Waals surface area contributed by atoms with Crippen LogP contribution in [-0.2, 0) is 9.59 Å². The summed E-state index contributed by atoms with van der Waals surface area (Å²) in [4.78, 5) is 26.7. The van der Waals surface area contributed by atoms with E-state index in [-0.39, 0.29) is 36.6 Å². The van der Waals surface area contributed by atoms with E-state index in [9.17, 15) is 18.4 Å². The summed E-state index contributed by atoms with van der Waals surface area (Å²) >= 11 is 6.05. The molecule has 2 amide bonds. The van der Waals surface area contributed by atoms with Crippen molar-refractivity contribution in [2.45, 2.75) is 26.0 Å². The van der Waals surface area contributed by atoms with Crippen LogP contribution in [0, 0.1) is 5.92 Å². The number of benzene rings is 2. The average Bonchev–Trinajstić information content (AvgIpc) is 3.09. The van der Waals surface area contributed by atoms with E-state index in [1.807, 2.05) is 0 Å². The highest BCUT2D eigenvalue weighted by molar-refractivity contribution is 6.31. The SMILES string of the molecule is COc1ccc(Cl)cc1N1C[C@H](C(=O)N[C@@H](C)c2ccc(OC(F)F)cc2)CC1=O. The molecule has 6 nitrogen and oxygen atoms in total. The second kappa shape index (κ2) is 9.30. The van der Waals surface area contributed by atoms with Gasteiger partial charge in [0.15, 0.2) is 0 Å². The Kier molecular flexibility index (Phi) is 6.77. The van der Waals surface area contributed by atoms with Gasteiger partial charge in [-0.1, -0.05) is 23.7 Å². The number of nitrogens with zero attached hydrogens (tertiary/aromatic N) is 1. The molecule has 0 saturated carbocycles. The molecule has 0 aliphatic carbocycles. The Morgan fingerprint density at radius 2 is 1.93 bits per heavy atom. The first kappa shape index (κ1) is 21.8. The van der Waals surface area contributed by atoms with Crippen LogP contribution in [0.1, 0.15) is 24.9 Å². The van der Waals surface area contributed by atoms with Gasteiger partial charge in [-0.05, 0) is 42.8 Å². The Hall–Kier alpha value is -2.87. The van der Waals surface area contributed by atoms with Gasteiger partial charge < -0.3 is 19.7 Å². The topological polar surface area (TPSA) is 67.9 Å². The molecule has 1 aliphatic rings. The molecule has 3 rings (SSSR count). The number of amides is 2. The summed E-state index contributed by atoms with van der Waals surface area (Å²) in [6.07, 6.45) is 0.0649. The predicted octanol–water partition coefficient (Wildman–Crippen LogP) is 4.18. The first-order valence-electron chi connectivity index (χ1n) is 9.27. The zero-order valence-corrected chi connectivity index (χ0v) is 17.2. The lowest BCUT2D eigenvalue weighted by molar-refractivity contribution is -0.126. The molecular weight excluding hydrogens is 418 g/mol. The zero-order chi connectivity index (χ0) is 21.8. The molecule has 1 aliphatic heterocycles. The third-order valence-electron chi connectivity index (χ3n) is 4.89. The highest BCUT2D eigenvalue weighted by Crippen LogP contribution is 2.35. The third-order valence-corrected chi connectivity index (χ3v) is 5.13. The number of methoxy groups -OCH3 is 1. The zero-order valence-electron chi connectivity index (χ0n) is 16.4. The molecule has 1 saturated heterocycles. The van der Waals surface area contributed by atoms with Crippen molar-refractivity contribution in [1.82, 2.24) is 5.32 Å². The minimum Gasteiger partial charge on any atom is -0.495 e. The molecular formula is C21H21ClF2N2O4. The van der Waals surface area contributed by atoms with Gasteiger partial charge in [-0.2, -0.15) is 8.78 Å². The number of hydrogen-bond acceptors (Lipinski definition) is 4. The molecule has 9 heteroatoms. The molecule has 0 unspecified atom stereocenters. The number of nitrogens with one attached hydrogen (secondary N) is 1. The van der Waals surface area contributed by atoms with Crippen LogP contribution in [0.4, 0.5) is 14.5 Å². The lowest BCUT2D eigenvalue weighted by Gasteiger charge is -2.21. The summed E-state index contributed by atoms with van der Waals surface area (Å²) < 4.78 is 34.1. The first-order chi connectivity index (χ1) is 14.3. The summed E-state index contributed by atoms with van der Waals surface area (Å²) in [5, 5.41) is 3.32. The summed E-state index contributed by atoms with van der Waals surface area (Å²) in [6, 6.07) is 10.6. The maximum Gasteiger partial charge on any atom is 0.387 e. The maximum atomic E-state index is 12.7. The maximum absolute atomic E-state index is 12.7. The van der Waals surface area contributed by atoms with Gasteiger partial charge in [-0.3, -0.25) is 9.59 Å². The number of anilines is 1. The number of carbonyl (C=O) groups excluding carboxylic acids is 2. The Balaban J connectivity index is 1.65. The molecule has 1 heterocycles. The molecule has 0 spiro atoms. The number of halogens is 3. The normalized spacial score (nSPS) is 17.2. The van der Waals surface area contributed by atoms with E-state index in [1.165, 1.54) is 24.1 Å². The van der Waals surface area contributed by atoms with Crippen molar-refractivity contribution in [2.75, 3.05) is 18.6 Å². The number of alkyl halides is 2. The fourth-order valence-corrected chi connectivity index (χ4v) is 3.51. The van der Waals surface area contributed by atoms with E-state index in [0.717, 1.165) is 5.56 Å².